The quantitative estimate of drug-likeness (QED) is 0.804. The first-order chi connectivity index (χ1) is 7.24. The van der Waals surface area contributed by atoms with E-state index in [9.17, 15) is 0 Å². The standard InChI is InChI=1S/C8H11ClN4O2/c9-6-11-7(10)13-8(12-6)15-5-1-3-14-4-2-5/h5H,1-4H2,(H2,10,11,12,13). The highest BCUT2D eigenvalue weighted by molar-refractivity contribution is 6.28. The van der Waals surface area contributed by atoms with Crippen LogP contribution in [0, 0.1) is 0 Å². The number of rotatable bonds is 2. The van der Waals surface area contributed by atoms with Crippen molar-refractivity contribution in [2.45, 2.75) is 18.9 Å². The molecule has 2 N–H and O–H groups in total. The molecule has 82 valence electrons. The van der Waals surface area contributed by atoms with E-state index in [-0.39, 0.29) is 23.3 Å². The summed E-state index contributed by atoms with van der Waals surface area (Å²) < 4.78 is 10.7. The van der Waals surface area contributed by atoms with Crippen molar-refractivity contribution in [3.63, 3.8) is 0 Å². The average molecular weight is 231 g/mol. The number of anilines is 1. The Morgan fingerprint density at radius 1 is 1.27 bits per heavy atom. The Kier molecular flexibility index (Phi) is 3.17. The minimum Gasteiger partial charge on any atom is -0.460 e. The summed E-state index contributed by atoms with van der Waals surface area (Å²) in [6.45, 7) is 1.39. The fraction of sp³-hybridized carbons (Fsp3) is 0.625. The van der Waals surface area contributed by atoms with Gasteiger partial charge in [0.1, 0.15) is 6.10 Å². The molecule has 0 bridgehead atoms. The molecule has 1 aliphatic rings. The molecule has 0 aliphatic carbocycles. The molecule has 0 radical (unpaired) electrons. The maximum absolute atomic E-state index is 5.62. The number of ether oxygens (including phenoxy) is 2. The smallest absolute Gasteiger partial charge is 0.322 e. The Balaban J connectivity index is 2.02. The van der Waals surface area contributed by atoms with Crippen LogP contribution in [-0.2, 0) is 4.74 Å². The normalized spacial score (nSPS) is 17.7. The van der Waals surface area contributed by atoms with Crippen molar-refractivity contribution in [1.82, 2.24) is 15.0 Å². The van der Waals surface area contributed by atoms with E-state index >= 15 is 0 Å². The monoisotopic (exact) mass is 230 g/mol. The zero-order valence-electron chi connectivity index (χ0n) is 8.02. The van der Waals surface area contributed by atoms with E-state index in [1.807, 2.05) is 0 Å². The Morgan fingerprint density at radius 2 is 2.00 bits per heavy atom. The van der Waals surface area contributed by atoms with Gasteiger partial charge in [-0.05, 0) is 11.6 Å². The molecule has 0 amide bonds. The van der Waals surface area contributed by atoms with Gasteiger partial charge in [-0.15, -0.1) is 0 Å². The Hall–Kier alpha value is -1.14. The third-order valence-electron chi connectivity index (χ3n) is 2.05. The van der Waals surface area contributed by atoms with Gasteiger partial charge in [-0.2, -0.15) is 15.0 Å². The third-order valence-corrected chi connectivity index (χ3v) is 2.21. The fourth-order valence-corrected chi connectivity index (χ4v) is 1.50. The van der Waals surface area contributed by atoms with E-state index in [1.165, 1.54) is 0 Å². The van der Waals surface area contributed by atoms with Gasteiger partial charge in [-0.1, -0.05) is 0 Å². The van der Waals surface area contributed by atoms with E-state index in [4.69, 9.17) is 26.8 Å². The van der Waals surface area contributed by atoms with Crippen molar-refractivity contribution in [3.05, 3.63) is 5.28 Å². The summed E-state index contributed by atoms with van der Waals surface area (Å²) in [7, 11) is 0. The van der Waals surface area contributed by atoms with E-state index in [2.05, 4.69) is 15.0 Å². The molecule has 1 fully saturated rings. The largest absolute Gasteiger partial charge is 0.460 e. The molecule has 0 aromatic carbocycles. The highest BCUT2D eigenvalue weighted by Crippen LogP contribution is 2.15. The van der Waals surface area contributed by atoms with Gasteiger partial charge in [0.15, 0.2) is 0 Å². The second-order valence-electron chi connectivity index (χ2n) is 3.17. The van der Waals surface area contributed by atoms with Crippen LogP contribution in [0.4, 0.5) is 5.95 Å². The number of nitrogens with two attached hydrogens (primary N) is 1. The first-order valence-corrected chi connectivity index (χ1v) is 5.03. The maximum Gasteiger partial charge on any atom is 0.322 e. The summed E-state index contributed by atoms with van der Waals surface area (Å²) in [4.78, 5) is 11.3. The topological polar surface area (TPSA) is 83.2 Å². The molecule has 15 heavy (non-hydrogen) atoms. The van der Waals surface area contributed by atoms with Crippen LogP contribution in [0.2, 0.25) is 5.28 Å². The molecule has 0 spiro atoms. The summed E-state index contributed by atoms with van der Waals surface area (Å²) >= 11 is 5.62. The molecule has 0 unspecified atom stereocenters. The minimum absolute atomic E-state index is 0.0459. The summed E-state index contributed by atoms with van der Waals surface area (Å²) in [5.74, 6) is 0.0667. The second-order valence-corrected chi connectivity index (χ2v) is 3.51. The van der Waals surface area contributed by atoms with E-state index < -0.39 is 0 Å². The van der Waals surface area contributed by atoms with Crippen LogP contribution in [0.1, 0.15) is 12.8 Å². The summed E-state index contributed by atoms with van der Waals surface area (Å²) in [6.07, 6.45) is 1.71. The van der Waals surface area contributed by atoms with Crippen molar-refractivity contribution in [3.8, 4) is 6.01 Å². The van der Waals surface area contributed by atoms with Crippen LogP contribution < -0.4 is 10.5 Å². The van der Waals surface area contributed by atoms with Gasteiger partial charge in [0.05, 0.1) is 13.2 Å². The van der Waals surface area contributed by atoms with Crippen molar-refractivity contribution >= 4 is 17.5 Å². The van der Waals surface area contributed by atoms with Gasteiger partial charge in [-0.3, -0.25) is 0 Å². The molecule has 2 heterocycles. The molecule has 1 aromatic rings. The molecule has 1 saturated heterocycles. The van der Waals surface area contributed by atoms with Crippen molar-refractivity contribution in [2.75, 3.05) is 18.9 Å². The second kappa shape index (κ2) is 4.59. The van der Waals surface area contributed by atoms with Crippen LogP contribution >= 0.6 is 11.6 Å². The lowest BCUT2D eigenvalue weighted by Gasteiger charge is -2.21. The highest BCUT2D eigenvalue weighted by Gasteiger charge is 2.17. The van der Waals surface area contributed by atoms with Crippen LogP contribution in [0.25, 0.3) is 0 Å². The predicted molar refractivity (Wildman–Crippen MR) is 53.7 cm³/mol. The van der Waals surface area contributed by atoms with E-state index in [0.29, 0.717) is 13.2 Å². The van der Waals surface area contributed by atoms with Crippen molar-refractivity contribution in [1.29, 1.82) is 0 Å². The van der Waals surface area contributed by atoms with Crippen LogP contribution in [-0.4, -0.2) is 34.3 Å². The lowest BCUT2D eigenvalue weighted by Crippen LogP contribution is -2.26. The van der Waals surface area contributed by atoms with E-state index in [1.54, 1.807) is 0 Å². The summed E-state index contributed by atoms with van der Waals surface area (Å²) in [5, 5.41) is 0.0459. The predicted octanol–water partition coefficient (Wildman–Crippen LogP) is 0.665. The molecule has 0 atom stereocenters. The number of nitrogens with zero attached hydrogens (tertiary/aromatic N) is 3. The molecule has 7 heteroatoms. The van der Waals surface area contributed by atoms with Gasteiger partial charge in [0, 0.05) is 12.8 Å². The van der Waals surface area contributed by atoms with Gasteiger partial charge < -0.3 is 15.2 Å². The molecule has 2 rings (SSSR count). The molecule has 1 aliphatic heterocycles. The summed E-state index contributed by atoms with van der Waals surface area (Å²) in [5.41, 5.74) is 5.41. The Bertz CT molecular complexity index is 323. The minimum atomic E-state index is 0.0459. The number of nitrogen functional groups attached to an aromatic ring is 1. The van der Waals surface area contributed by atoms with Gasteiger partial charge in [0.2, 0.25) is 11.2 Å². The van der Waals surface area contributed by atoms with Crippen molar-refractivity contribution in [2.24, 2.45) is 0 Å². The van der Waals surface area contributed by atoms with E-state index in [0.717, 1.165) is 12.8 Å². The average Bonchev–Trinajstić information content (AvgIpc) is 2.17. The Morgan fingerprint density at radius 3 is 2.67 bits per heavy atom. The lowest BCUT2D eigenvalue weighted by atomic mass is 10.2. The van der Waals surface area contributed by atoms with Crippen LogP contribution in [0.5, 0.6) is 6.01 Å². The molecular formula is C8H11ClN4O2. The first-order valence-electron chi connectivity index (χ1n) is 4.65. The van der Waals surface area contributed by atoms with Crippen molar-refractivity contribution < 1.29 is 9.47 Å². The van der Waals surface area contributed by atoms with Gasteiger partial charge in [0.25, 0.3) is 0 Å². The molecule has 0 saturated carbocycles. The highest BCUT2D eigenvalue weighted by atomic mass is 35.5. The fourth-order valence-electron chi connectivity index (χ4n) is 1.34. The zero-order valence-corrected chi connectivity index (χ0v) is 8.78. The van der Waals surface area contributed by atoms with Crippen LogP contribution in [0.15, 0.2) is 0 Å². The number of aromatic nitrogens is 3. The third kappa shape index (κ3) is 2.90. The number of halogens is 1. The van der Waals surface area contributed by atoms with Gasteiger partial charge >= 0.3 is 6.01 Å². The maximum atomic E-state index is 5.62. The summed E-state index contributed by atoms with van der Waals surface area (Å²) in [6, 6.07) is 0.180. The molecular weight excluding hydrogens is 220 g/mol. The first kappa shape index (κ1) is 10.4. The lowest BCUT2D eigenvalue weighted by molar-refractivity contribution is 0.0217. The Labute approximate surface area is 91.8 Å². The number of hydrogen-bond donors (Lipinski definition) is 1. The molecule has 6 nitrogen and oxygen atoms in total. The number of hydrogen-bond acceptors (Lipinski definition) is 6. The van der Waals surface area contributed by atoms with Gasteiger partial charge in [-0.25, -0.2) is 0 Å². The van der Waals surface area contributed by atoms with Crippen LogP contribution in [0.3, 0.4) is 0 Å². The SMILES string of the molecule is Nc1nc(Cl)nc(OC2CCOCC2)n1. The molecule has 1 aromatic heterocycles. The zero-order chi connectivity index (χ0) is 10.7.